The molecule has 0 amide bonds. The quantitative estimate of drug-likeness (QED) is 0.346. The van der Waals surface area contributed by atoms with Crippen molar-refractivity contribution in [3.63, 3.8) is 0 Å². The van der Waals surface area contributed by atoms with Crippen molar-refractivity contribution in [1.29, 1.82) is 0 Å². The first-order valence-electron chi connectivity index (χ1n) is 3.66. The van der Waals surface area contributed by atoms with Crippen LogP contribution in [-0.4, -0.2) is 11.9 Å². The molecule has 0 aromatic carbocycles. The Morgan fingerprint density at radius 1 is 1.36 bits per heavy atom. The first-order valence-corrected chi connectivity index (χ1v) is 3.66. The van der Waals surface area contributed by atoms with E-state index in [9.17, 15) is 9.59 Å². The van der Waals surface area contributed by atoms with Crippen molar-refractivity contribution in [2.24, 2.45) is 5.92 Å². The Labute approximate surface area is 65.0 Å². The summed E-state index contributed by atoms with van der Waals surface area (Å²) < 4.78 is 4.17. The maximum Gasteiger partial charge on any atom is 0.328 e. The molecule has 1 saturated heterocycles. The number of allylic oxidation sites excluding steroid dienone is 2. The zero-order valence-corrected chi connectivity index (χ0v) is 6.37. The molecule has 11 heavy (non-hydrogen) atoms. The maximum atomic E-state index is 10.6. The minimum Gasteiger partial charge on any atom is -0.392 e. The number of cyclic esters (lactones) is 2. The smallest absolute Gasteiger partial charge is 0.328 e. The highest BCUT2D eigenvalue weighted by Crippen LogP contribution is 2.18. The topological polar surface area (TPSA) is 43.4 Å². The van der Waals surface area contributed by atoms with E-state index in [4.69, 9.17) is 0 Å². The second-order valence-electron chi connectivity index (χ2n) is 2.41. The van der Waals surface area contributed by atoms with E-state index >= 15 is 0 Å². The molecule has 1 aliphatic rings. The van der Waals surface area contributed by atoms with Crippen LogP contribution in [0.15, 0.2) is 12.2 Å². The molecule has 0 atom stereocenters. The lowest BCUT2D eigenvalue weighted by Crippen LogP contribution is -2.40. The lowest BCUT2D eigenvalue weighted by atomic mass is 10.0. The van der Waals surface area contributed by atoms with Crippen LogP contribution in [0, 0.1) is 5.92 Å². The summed E-state index contributed by atoms with van der Waals surface area (Å²) in [4.78, 5) is 21.1. The van der Waals surface area contributed by atoms with Crippen LogP contribution in [0.1, 0.15) is 19.8 Å². The van der Waals surface area contributed by atoms with Crippen molar-refractivity contribution < 1.29 is 14.3 Å². The van der Waals surface area contributed by atoms with Crippen molar-refractivity contribution in [2.45, 2.75) is 19.8 Å². The summed E-state index contributed by atoms with van der Waals surface area (Å²) in [5, 5.41) is 0. The zero-order chi connectivity index (χ0) is 8.27. The van der Waals surface area contributed by atoms with E-state index in [1.54, 1.807) is 0 Å². The monoisotopic (exact) mass is 154 g/mol. The second-order valence-corrected chi connectivity index (χ2v) is 2.41. The predicted molar refractivity (Wildman–Crippen MR) is 38.6 cm³/mol. The standard InChI is InChI=1S/C8H10O3/c1-2-3-4-5-6-7(9)11-8(6)10/h3-4,6H,2,5H2,1H3/b4-3-. The molecule has 0 radical (unpaired) electrons. The molecule has 0 unspecified atom stereocenters. The molecule has 0 bridgehead atoms. The van der Waals surface area contributed by atoms with E-state index in [1.165, 1.54) is 0 Å². The van der Waals surface area contributed by atoms with E-state index in [1.807, 2.05) is 19.1 Å². The van der Waals surface area contributed by atoms with Crippen LogP contribution in [0.4, 0.5) is 0 Å². The third kappa shape index (κ3) is 1.67. The van der Waals surface area contributed by atoms with Gasteiger partial charge in [-0.15, -0.1) is 0 Å². The fraction of sp³-hybridized carbons (Fsp3) is 0.500. The molecule has 3 heteroatoms. The Kier molecular flexibility index (Phi) is 2.41. The summed E-state index contributed by atoms with van der Waals surface area (Å²) in [6, 6.07) is 0. The summed E-state index contributed by atoms with van der Waals surface area (Å²) in [7, 11) is 0. The van der Waals surface area contributed by atoms with Crippen LogP contribution in [-0.2, 0) is 14.3 Å². The number of esters is 2. The highest BCUT2D eigenvalue weighted by atomic mass is 16.6. The molecule has 0 spiro atoms. The summed E-state index contributed by atoms with van der Waals surface area (Å²) in [6.07, 6.45) is 5.18. The average Bonchev–Trinajstić information content (AvgIpc) is 1.98. The fourth-order valence-electron chi connectivity index (χ4n) is 0.871. The molecule has 1 aliphatic heterocycles. The minimum atomic E-state index is -0.516. The van der Waals surface area contributed by atoms with Crippen LogP contribution in [0.3, 0.4) is 0 Å². The van der Waals surface area contributed by atoms with Crippen LogP contribution in [0.25, 0.3) is 0 Å². The third-order valence-corrected chi connectivity index (χ3v) is 1.54. The van der Waals surface area contributed by atoms with Gasteiger partial charge < -0.3 is 4.74 Å². The lowest BCUT2D eigenvalue weighted by Gasteiger charge is -2.19. The van der Waals surface area contributed by atoms with E-state index in [0.29, 0.717) is 6.42 Å². The highest BCUT2D eigenvalue weighted by molar-refractivity contribution is 6.09. The molecule has 0 saturated carbocycles. The van der Waals surface area contributed by atoms with Gasteiger partial charge in [-0.3, -0.25) is 9.59 Å². The van der Waals surface area contributed by atoms with Gasteiger partial charge in [0.1, 0.15) is 0 Å². The van der Waals surface area contributed by atoms with Crippen molar-refractivity contribution in [1.82, 2.24) is 0 Å². The Morgan fingerprint density at radius 3 is 2.45 bits per heavy atom. The number of hydrogen-bond donors (Lipinski definition) is 0. The third-order valence-electron chi connectivity index (χ3n) is 1.54. The molecular formula is C8H10O3. The van der Waals surface area contributed by atoms with Gasteiger partial charge in [-0.2, -0.15) is 0 Å². The van der Waals surface area contributed by atoms with E-state index in [0.717, 1.165) is 6.42 Å². The molecule has 3 nitrogen and oxygen atoms in total. The number of ether oxygens (including phenoxy) is 1. The fourth-order valence-corrected chi connectivity index (χ4v) is 0.871. The molecule has 0 N–H and O–H groups in total. The molecule has 60 valence electrons. The van der Waals surface area contributed by atoms with Gasteiger partial charge >= 0.3 is 11.9 Å². The molecular weight excluding hydrogens is 144 g/mol. The van der Waals surface area contributed by atoms with Gasteiger partial charge in [0.25, 0.3) is 0 Å². The van der Waals surface area contributed by atoms with Crippen LogP contribution in [0.5, 0.6) is 0 Å². The Morgan fingerprint density at radius 2 is 2.00 bits per heavy atom. The number of hydrogen-bond acceptors (Lipinski definition) is 3. The normalized spacial score (nSPS) is 18.6. The van der Waals surface area contributed by atoms with Gasteiger partial charge in [0, 0.05) is 0 Å². The van der Waals surface area contributed by atoms with E-state index in [2.05, 4.69) is 4.74 Å². The molecule has 1 fully saturated rings. The molecule has 0 aliphatic carbocycles. The van der Waals surface area contributed by atoms with Gasteiger partial charge in [0.05, 0.1) is 0 Å². The Bertz CT molecular complexity index is 191. The summed E-state index contributed by atoms with van der Waals surface area (Å²) in [5.41, 5.74) is 0. The first kappa shape index (κ1) is 7.98. The highest BCUT2D eigenvalue weighted by Gasteiger charge is 2.40. The first-order chi connectivity index (χ1) is 5.25. The second kappa shape index (κ2) is 3.32. The van der Waals surface area contributed by atoms with Crippen molar-refractivity contribution in [3.05, 3.63) is 12.2 Å². The number of rotatable bonds is 3. The summed E-state index contributed by atoms with van der Waals surface area (Å²) in [6.45, 7) is 2.00. The van der Waals surface area contributed by atoms with Gasteiger partial charge in [0.15, 0.2) is 5.92 Å². The predicted octanol–water partition coefficient (Wildman–Crippen LogP) is 1.04. The van der Waals surface area contributed by atoms with Crippen molar-refractivity contribution in [2.75, 3.05) is 0 Å². The average molecular weight is 154 g/mol. The number of carbonyl (C=O) groups excluding carboxylic acids is 2. The van der Waals surface area contributed by atoms with E-state index in [-0.39, 0.29) is 0 Å². The maximum absolute atomic E-state index is 10.6. The molecule has 1 rings (SSSR count). The molecule has 0 aromatic heterocycles. The van der Waals surface area contributed by atoms with Gasteiger partial charge in [-0.05, 0) is 12.8 Å². The van der Waals surface area contributed by atoms with Gasteiger partial charge in [-0.1, -0.05) is 19.1 Å². The lowest BCUT2D eigenvalue weighted by molar-refractivity contribution is -0.183. The van der Waals surface area contributed by atoms with Crippen LogP contribution in [0.2, 0.25) is 0 Å². The molecule has 0 aromatic rings. The van der Waals surface area contributed by atoms with Gasteiger partial charge in [0.2, 0.25) is 0 Å². The largest absolute Gasteiger partial charge is 0.392 e. The van der Waals surface area contributed by atoms with Crippen LogP contribution < -0.4 is 0 Å². The van der Waals surface area contributed by atoms with Crippen molar-refractivity contribution >= 4 is 11.9 Å². The zero-order valence-electron chi connectivity index (χ0n) is 6.37. The minimum absolute atomic E-state index is 0.393. The van der Waals surface area contributed by atoms with Crippen LogP contribution >= 0.6 is 0 Å². The Hall–Kier alpha value is -1.12. The van der Waals surface area contributed by atoms with Gasteiger partial charge in [-0.25, -0.2) is 0 Å². The molecule has 1 heterocycles. The SMILES string of the molecule is CC/C=C\CC1C(=O)OC1=O. The van der Waals surface area contributed by atoms with E-state index < -0.39 is 17.9 Å². The number of carbonyl (C=O) groups is 2. The Balaban J connectivity index is 2.31. The summed E-state index contributed by atoms with van der Waals surface area (Å²) in [5.74, 6) is -1.30. The summed E-state index contributed by atoms with van der Waals surface area (Å²) >= 11 is 0. The van der Waals surface area contributed by atoms with Crippen molar-refractivity contribution in [3.8, 4) is 0 Å².